The zero-order valence-electron chi connectivity index (χ0n) is 8.10. The van der Waals surface area contributed by atoms with E-state index in [1.807, 2.05) is 0 Å². The molecule has 0 amide bonds. The van der Waals surface area contributed by atoms with Crippen LogP contribution in [0.3, 0.4) is 0 Å². The Balaban J connectivity index is 2.12. The molecule has 0 aromatic heterocycles. The molecule has 0 heterocycles. The summed E-state index contributed by atoms with van der Waals surface area (Å²) in [5, 5.41) is 0. The maximum Gasteiger partial charge on any atom is 0.0481 e. The summed E-state index contributed by atoms with van der Waals surface area (Å²) in [6, 6.07) is 11.2. The zero-order chi connectivity index (χ0) is 9.80. The number of nitrogens with zero attached hydrogens (tertiary/aromatic N) is 1. The number of thiol groups is 1. The van der Waals surface area contributed by atoms with Crippen LogP contribution < -0.4 is 4.31 Å². The van der Waals surface area contributed by atoms with Crippen molar-refractivity contribution in [3.63, 3.8) is 0 Å². The molecule has 0 unspecified atom stereocenters. The second-order valence-electron chi connectivity index (χ2n) is 3.68. The van der Waals surface area contributed by atoms with Gasteiger partial charge >= 0.3 is 0 Å². The summed E-state index contributed by atoms with van der Waals surface area (Å²) < 4.78 is 2.33. The highest BCUT2D eigenvalue weighted by Gasteiger charge is 2.22. The summed E-state index contributed by atoms with van der Waals surface area (Å²) >= 11 is 4.34. The van der Waals surface area contributed by atoms with Crippen LogP contribution in [0.1, 0.15) is 25.7 Å². The summed E-state index contributed by atoms with van der Waals surface area (Å²) in [4.78, 5) is 0. The molecule has 0 aliphatic heterocycles. The van der Waals surface area contributed by atoms with E-state index in [4.69, 9.17) is 0 Å². The Bertz CT molecular complexity index is 270. The third kappa shape index (κ3) is 2.20. The predicted octanol–water partition coefficient (Wildman–Crippen LogP) is 3.93. The molecule has 0 saturated heterocycles. The lowest BCUT2D eigenvalue weighted by Gasteiger charge is -2.27. The van der Waals surface area contributed by atoms with E-state index in [0.29, 0.717) is 6.04 Å². The molecular weight excluding hydrogens is 210 g/mol. The molecule has 0 atom stereocenters. The lowest BCUT2D eigenvalue weighted by Crippen LogP contribution is -2.24. The molecule has 1 aliphatic rings. The molecule has 1 aromatic rings. The largest absolute Gasteiger partial charge is 0.304 e. The van der Waals surface area contributed by atoms with Crippen molar-refractivity contribution in [3.8, 4) is 0 Å². The zero-order valence-corrected chi connectivity index (χ0v) is 9.81. The highest BCUT2D eigenvalue weighted by atomic mass is 33.1. The van der Waals surface area contributed by atoms with Gasteiger partial charge in [-0.25, -0.2) is 0 Å². The molecule has 1 aromatic carbocycles. The summed E-state index contributed by atoms with van der Waals surface area (Å²) in [6.07, 6.45) is 5.34. The van der Waals surface area contributed by atoms with Gasteiger partial charge in [-0.15, -0.1) is 0 Å². The van der Waals surface area contributed by atoms with E-state index in [2.05, 4.69) is 46.3 Å². The van der Waals surface area contributed by atoms with Crippen LogP contribution in [0.5, 0.6) is 0 Å². The number of hydrogen-bond acceptors (Lipinski definition) is 3. The Morgan fingerprint density at radius 3 is 2.36 bits per heavy atom. The number of hydrogen-bond donors (Lipinski definition) is 1. The van der Waals surface area contributed by atoms with E-state index in [0.717, 1.165) is 0 Å². The van der Waals surface area contributed by atoms with E-state index < -0.39 is 0 Å². The normalized spacial score (nSPS) is 17.2. The highest BCUT2D eigenvalue weighted by molar-refractivity contribution is 8.69. The number of benzene rings is 1. The van der Waals surface area contributed by atoms with E-state index in [1.54, 1.807) is 11.0 Å². The van der Waals surface area contributed by atoms with Crippen LogP contribution in [-0.2, 0) is 0 Å². The van der Waals surface area contributed by atoms with Gasteiger partial charge in [-0.2, -0.15) is 0 Å². The van der Waals surface area contributed by atoms with Gasteiger partial charge in [0, 0.05) is 22.7 Å². The Labute approximate surface area is 94.8 Å². The first-order valence-corrected chi connectivity index (χ1v) is 6.90. The quantitative estimate of drug-likeness (QED) is 0.472. The predicted molar refractivity (Wildman–Crippen MR) is 67.8 cm³/mol. The van der Waals surface area contributed by atoms with E-state index in [1.165, 1.54) is 31.4 Å². The first-order valence-electron chi connectivity index (χ1n) is 5.07. The lowest BCUT2D eigenvalue weighted by atomic mass is 10.2. The summed E-state index contributed by atoms with van der Waals surface area (Å²) in [6.45, 7) is 0. The molecule has 0 spiro atoms. The van der Waals surface area contributed by atoms with E-state index in [-0.39, 0.29) is 0 Å². The van der Waals surface area contributed by atoms with Gasteiger partial charge in [0.1, 0.15) is 0 Å². The average Bonchev–Trinajstić information content (AvgIpc) is 2.74. The van der Waals surface area contributed by atoms with Crippen LogP contribution in [-0.4, -0.2) is 6.04 Å². The molecular formula is C11H15NS2. The van der Waals surface area contributed by atoms with Gasteiger partial charge in [0.2, 0.25) is 0 Å². The molecule has 0 N–H and O–H groups in total. The van der Waals surface area contributed by atoms with Gasteiger partial charge in [0.25, 0.3) is 0 Å². The van der Waals surface area contributed by atoms with Gasteiger partial charge in [-0.3, -0.25) is 0 Å². The fourth-order valence-corrected chi connectivity index (χ4v) is 3.28. The van der Waals surface area contributed by atoms with Crippen molar-refractivity contribution in [3.05, 3.63) is 30.3 Å². The van der Waals surface area contributed by atoms with Crippen molar-refractivity contribution in [2.75, 3.05) is 4.31 Å². The molecule has 1 nitrogen and oxygen atoms in total. The minimum Gasteiger partial charge on any atom is -0.304 e. The van der Waals surface area contributed by atoms with Crippen molar-refractivity contribution in [1.82, 2.24) is 0 Å². The molecule has 3 heteroatoms. The van der Waals surface area contributed by atoms with Crippen LogP contribution in [0.25, 0.3) is 0 Å². The molecule has 2 rings (SSSR count). The summed E-state index contributed by atoms with van der Waals surface area (Å²) in [5.74, 6) is 0. The van der Waals surface area contributed by atoms with Crippen LogP contribution in [0.15, 0.2) is 30.3 Å². The maximum atomic E-state index is 4.34. The Hall–Kier alpha value is -0.280. The summed E-state index contributed by atoms with van der Waals surface area (Å²) in [5.41, 5.74) is 1.28. The summed E-state index contributed by atoms with van der Waals surface area (Å²) in [7, 11) is 1.55. The first kappa shape index (κ1) is 10.2. The molecule has 1 aliphatic carbocycles. The van der Waals surface area contributed by atoms with Crippen molar-refractivity contribution >= 4 is 28.3 Å². The van der Waals surface area contributed by atoms with Crippen LogP contribution >= 0.6 is 22.6 Å². The monoisotopic (exact) mass is 225 g/mol. The highest BCUT2D eigenvalue weighted by Crippen LogP contribution is 2.34. The average molecular weight is 225 g/mol. The van der Waals surface area contributed by atoms with Crippen LogP contribution in [0.4, 0.5) is 5.69 Å². The van der Waals surface area contributed by atoms with E-state index in [9.17, 15) is 0 Å². The Kier molecular flexibility index (Phi) is 3.65. The van der Waals surface area contributed by atoms with Crippen molar-refractivity contribution in [2.24, 2.45) is 0 Å². The molecule has 0 radical (unpaired) electrons. The first-order chi connectivity index (χ1) is 6.92. The second kappa shape index (κ2) is 4.99. The van der Waals surface area contributed by atoms with Gasteiger partial charge in [0.15, 0.2) is 0 Å². The lowest BCUT2D eigenvalue weighted by molar-refractivity contribution is 0.712. The molecule has 1 fully saturated rings. The number of para-hydroxylation sites is 1. The SMILES string of the molecule is SSN(c1ccccc1)C1CCCC1. The molecule has 1 saturated carbocycles. The van der Waals surface area contributed by atoms with Crippen LogP contribution in [0.2, 0.25) is 0 Å². The van der Waals surface area contributed by atoms with E-state index >= 15 is 0 Å². The molecule has 76 valence electrons. The third-order valence-electron chi connectivity index (χ3n) is 2.75. The molecule has 14 heavy (non-hydrogen) atoms. The minimum atomic E-state index is 0.680. The number of anilines is 1. The minimum absolute atomic E-state index is 0.680. The fraction of sp³-hybridized carbons (Fsp3) is 0.455. The topological polar surface area (TPSA) is 3.24 Å². The van der Waals surface area contributed by atoms with Crippen LogP contribution in [0, 0.1) is 0 Å². The van der Waals surface area contributed by atoms with Crippen molar-refractivity contribution in [1.29, 1.82) is 0 Å². The van der Waals surface area contributed by atoms with Gasteiger partial charge < -0.3 is 4.31 Å². The van der Waals surface area contributed by atoms with Crippen molar-refractivity contribution < 1.29 is 0 Å². The van der Waals surface area contributed by atoms with Gasteiger partial charge in [0.05, 0.1) is 0 Å². The fourth-order valence-electron chi connectivity index (χ4n) is 2.04. The van der Waals surface area contributed by atoms with Crippen molar-refractivity contribution in [2.45, 2.75) is 31.7 Å². The second-order valence-corrected chi connectivity index (χ2v) is 4.73. The molecule has 0 bridgehead atoms. The standard InChI is InChI=1S/C11H15NS2/c13-14-12(11-8-4-5-9-11)10-6-2-1-3-7-10/h1-3,6-7,11,13H,4-5,8-9H2. The third-order valence-corrected chi connectivity index (χ3v) is 3.97. The Morgan fingerprint density at radius 2 is 1.79 bits per heavy atom. The Morgan fingerprint density at radius 1 is 1.14 bits per heavy atom. The number of rotatable bonds is 3. The van der Waals surface area contributed by atoms with Gasteiger partial charge in [-0.05, 0) is 25.0 Å². The van der Waals surface area contributed by atoms with Gasteiger partial charge in [-0.1, -0.05) is 42.7 Å². The smallest absolute Gasteiger partial charge is 0.0481 e. The maximum absolute atomic E-state index is 4.34.